The maximum Gasteiger partial charge on any atom is 0.0957 e. The topological polar surface area (TPSA) is 33.1 Å². The maximum atomic E-state index is 8.88. The van der Waals surface area contributed by atoms with Crippen molar-refractivity contribution in [2.24, 2.45) is 0 Å². The fourth-order valence-electron chi connectivity index (χ4n) is 1.52. The van der Waals surface area contributed by atoms with Gasteiger partial charge in [-0.3, -0.25) is 0 Å². The van der Waals surface area contributed by atoms with E-state index in [0.717, 1.165) is 26.2 Å². The molecule has 16 heavy (non-hydrogen) atoms. The van der Waals surface area contributed by atoms with Crippen molar-refractivity contribution in [1.29, 1.82) is 0 Å². The van der Waals surface area contributed by atoms with E-state index in [1.165, 1.54) is 0 Å². The van der Waals surface area contributed by atoms with Gasteiger partial charge in [0.05, 0.1) is 15.6 Å². The highest BCUT2D eigenvalue weighted by atomic mass is 35.5. The van der Waals surface area contributed by atoms with Crippen LogP contribution in [0.15, 0.2) is 24.3 Å². The van der Waals surface area contributed by atoms with E-state index in [-0.39, 0.29) is 6.61 Å². The van der Waals surface area contributed by atoms with Crippen molar-refractivity contribution in [3.05, 3.63) is 40.0 Å². The van der Waals surface area contributed by atoms with Crippen LogP contribution in [-0.2, 0) is 6.42 Å². The van der Waals surface area contributed by atoms with Gasteiger partial charge in [-0.25, -0.2) is 4.98 Å². The SMILES string of the molecule is Cc1nc(CCO)sc1-c1ccc(Cl)cc1. The number of aliphatic hydroxyl groups is 1. The number of hydrogen-bond acceptors (Lipinski definition) is 3. The summed E-state index contributed by atoms with van der Waals surface area (Å²) in [5.74, 6) is 0. The van der Waals surface area contributed by atoms with Gasteiger partial charge in [0.25, 0.3) is 0 Å². The van der Waals surface area contributed by atoms with Gasteiger partial charge in [-0.15, -0.1) is 11.3 Å². The number of aryl methyl sites for hydroxylation is 1. The number of aromatic nitrogens is 1. The number of hydrogen-bond donors (Lipinski definition) is 1. The molecule has 1 aromatic heterocycles. The molecule has 0 fully saturated rings. The quantitative estimate of drug-likeness (QED) is 0.911. The third-order valence-electron chi connectivity index (χ3n) is 2.27. The Morgan fingerprint density at radius 3 is 2.62 bits per heavy atom. The van der Waals surface area contributed by atoms with Crippen molar-refractivity contribution in [3.8, 4) is 10.4 Å². The molecule has 4 heteroatoms. The Kier molecular flexibility index (Phi) is 3.59. The zero-order chi connectivity index (χ0) is 11.5. The standard InChI is InChI=1S/C12H12ClNOS/c1-8-12(16-11(14-8)6-7-15)9-2-4-10(13)5-3-9/h2-5,15H,6-7H2,1H3. The highest BCUT2D eigenvalue weighted by Gasteiger charge is 2.08. The number of nitrogens with zero attached hydrogens (tertiary/aromatic N) is 1. The number of benzene rings is 1. The molecule has 2 nitrogen and oxygen atoms in total. The first-order chi connectivity index (χ1) is 7.70. The molecule has 0 spiro atoms. The minimum atomic E-state index is 0.146. The molecule has 0 aliphatic carbocycles. The third-order valence-corrected chi connectivity index (χ3v) is 3.79. The van der Waals surface area contributed by atoms with Crippen LogP contribution < -0.4 is 0 Å². The summed E-state index contributed by atoms with van der Waals surface area (Å²) in [6.07, 6.45) is 0.624. The summed E-state index contributed by atoms with van der Waals surface area (Å²) in [5, 5.41) is 10.6. The van der Waals surface area contributed by atoms with Crippen LogP contribution in [-0.4, -0.2) is 16.7 Å². The smallest absolute Gasteiger partial charge is 0.0957 e. The lowest BCUT2D eigenvalue weighted by Gasteiger charge is -1.98. The molecule has 0 bridgehead atoms. The van der Waals surface area contributed by atoms with E-state index in [0.29, 0.717) is 6.42 Å². The predicted molar refractivity (Wildman–Crippen MR) is 68.1 cm³/mol. The fourth-order valence-corrected chi connectivity index (χ4v) is 2.71. The summed E-state index contributed by atoms with van der Waals surface area (Å²) in [4.78, 5) is 5.58. The Balaban J connectivity index is 2.36. The van der Waals surface area contributed by atoms with E-state index in [1.54, 1.807) is 11.3 Å². The summed E-state index contributed by atoms with van der Waals surface area (Å²) in [6, 6.07) is 7.74. The van der Waals surface area contributed by atoms with Crippen molar-refractivity contribution in [2.45, 2.75) is 13.3 Å². The second kappa shape index (κ2) is 4.95. The molecule has 1 aromatic carbocycles. The predicted octanol–water partition coefficient (Wildman–Crippen LogP) is 3.31. The van der Waals surface area contributed by atoms with Crippen LogP contribution in [0, 0.1) is 6.92 Å². The van der Waals surface area contributed by atoms with Crippen molar-refractivity contribution in [1.82, 2.24) is 4.98 Å². The molecule has 0 unspecified atom stereocenters. The fraction of sp³-hybridized carbons (Fsp3) is 0.250. The Bertz CT molecular complexity index is 478. The molecule has 0 atom stereocenters. The van der Waals surface area contributed by atoms with E-state index >= 15 is 0 Å². The monoisotopic (exact) mass is 253 g/mol. The molecular formula is C12H12ClNOS. The average molecular weight is 254 g/mol. The molecule has 2 rings (SSSR count). The van der Waals surface area contributed by atoms with Crippen LogP contribution in [0.25, 0.3) is 10.4 Å². The van der Waals surface area contributed by atoms with Gasteiger partial charge in [0, 0.05) is 18.1 Å². The van der Waals surface area contributed by atoms with Gasteiger partial charge < -0.3 is 5.11 Å². The lowest BCUT2D eigenvalue weighted by Crippen LogP contribution is -1.88. The zero-order valence-corrected chi connectivity index (χ0v) is 10.5. The molecule has 0 radical (unpaired) electrons. The molecule has 0 aliphatic rings. The first-order valence-corrected chi connectivity index (χ1v) is 6.23. The van der Waals surface area contributed by atoms with Gasteiger partial charge in [0.15, 0.2) is 0 Å². The van der Waals surface area contributed by atoms with Gasteiger partial charge >= 0.3 is 0 Å². The van der Waals surface area contributed by atoms with Crippen LogP contribution >= 0.6 is 22.9 Å². The van der Waals surface area contributed by atoms with Crippen molar-refractivity contribution >= 4 is 22.9 Å². The first-order valence-electron chi connectivity index (χ1n) is 5.04. The van der Waals surface area contributed by atoms with Gasteiger partial charge in [-0.2, -0.15) is 0 Å². The van der Waals surface area contributed by atoms with E-state index < -0.39 is 0 Å². The van der Waals surface area contributed by atoms with Crippen molar-refractivity contribution in [3.63, 3.8) is 0 Å². The zero-order valence-electron chi connectivity index (χ0n) is 8.90. The highest BCUT2D eigenvalue weighted by molar-refractivity contribution is 7.15. The van der Waals surface area contributed by atoms with Gasteiger partial charge in [-0.05, 0) is 24.6 Å². The summed E-state index contributed by atoms with van der Waals surface area (Å²) in [5.41, 5.74) is 2.14. The number of rotatable bonds is 3. The summed E-state index contributed by atoms with van der Waals surface area (Å²) >= 11 is 7.48. The average Bonchev–Trinajstić information content (AvgIpc) is 2.61. The summed E-state index contributed by atoms with van der Waals surface area (Å²) in [7, 11) is 0. The minimum absolute atomic E-state index is 0.146. The third kappa shape index (κ3) is 2.43. The Hall–Kier alpha value is -0.900. The second-order valence-electron chi connectivity index (χ2n) is 3.50. The lowest BCUT2D eigenvalue weighted by atomic mass is 10.2. The van der Waals surface area contributed by atoms with Crippen LogP contribution in [0.5, 0.6) is 0 Å². The van der Waals surface area contributed by atoms with Crippen LogP contribution in [0.3, 0.4) is 0 Å². The molecule has 84 valence electrons. The van der Waals surface area contributed by atoms with Crippen LogP contribution in [0.2, 0.25) is 5.02 Å². The van der Waals surface area contributed by atoms with Gasteiger partial charge in [-0.1, -0.05) is 23.7 Å². The molecule has 0 saturated heterocycles. The molecule has 1 N–H and O–H groups in total. The van der Waals surface area contributed by atoms with Crippen LogP contribution in [0.4, 0.5) is 0 Å². The van der Waals surface area contributed by atoms with Crippen LogP contribution in [0.1, 0.15) is 10.7 Å². The molecular weight excluding hydrogens is 242 g/mol. The normalized spacial score (nSPS) is 10.7. The minimum Gasteiger partial charge on any atom is -0.396 e. The molecule has 1 heterocycles. The second-order valence-corrected chi connectivity index (χ2v) is 5.02. The van der Waals surface area contributed by atoms with E-state index in [4.69, 9.17) is 16.7 Å². The molecule has 0 aliphatic heterocycles. The lowest BCUT2D eigenvalue weighted by molar-refractivity contribution is 0.299. The first kappa shape index (κ1) is 11.6. The van der Waals surface area contributed by atoms with Crippen molar-refractivity contribution in [2.75, 3.05) is 6.61 Å². The van der Waals surface area contributed by atoms with Crippen molar-refractivity contribution < 1.29 is 5.11 Å². The largest absolute Gasteiger partial charge is 0.396 e. The number of halogens is 1. The molecule has 2 aromatic rings. The molecule has 0 saturated carbocycles. The van der Waals surface area contributed by atoms with E-state index in [2.05, 4.69) is 4.98 Å². The highest BCUT2D eigenvalue weighted by Crippen LogP contribution is 2.30. The maximum absolute atomic E-state index is 8.88. The van der Waals surface area contributed by atoms with Gasteiger partial charge in [0.1, 0.15) is 0 Å². The van der Waals surface area contributed by atoms with E-state index in [1.807, 2.05) is 31.2 Å². The van der Waals surface area contributed by atoms with Gasteiger partial charge in [0.2, 0.25) is 0 Å². The van der Waals surface area contributed by atoms with E-state index in [9.17, 15) is 0 Å². The number of thiazole rings is 1. The number of aliphatic hydroxyl groups excluding tert-OH is 1. The summed E-state index contributed by atoms with van der Waals surface area (Å²) < 4.78 is 0. The molecule has 0 amide bonds. The Labute approximate surface area is 104 Å². The Morgan fingerprint density at radius 2 is 2.00 bits per heavy atom. The Morgan fingerprint density at radius 1 is 1.31 bits per heavy atom. The summed E-state index contributed by atoms with van der Waals surface area (Å²) in [6.45, 7) is 2.13.